The van der Waals surface area contributed by atoms with Crippen molar-refractivity contribution in [2.45, 2.75) is 32.4 Å². The molecule has 0 atom stereocenters. The first-order valence-corrected chi connectivity index (χ1v) is 7.31. The Labute approximate surface area is 120 Å². The largest absolute Gasteiger partial charge is 0.378 e. The maximum atomic E-state index is 4.28. The van der Waals surface area contributed by atoms with E-state index in [9.17, 15) is 0 Å². The van der Waals surface area contributed by atoms with Crippen LogP contribution in [0.1, 0.15) is 24.5 Å². The zero-order valence-electron chi connectivity index (χ0n) is 10.1. The minimum absolute atomic E-state index is 0.744. The van der Waals surface area contributed by atoms with Crippen molar-refractivity contribution >= 4 is 28.3 Å². The second-order valence-electron chi connectivity index (χ2n) is 4.50. The van der Waals surface area contributed by atoms with Crippen molar-refractivity contribution in [1.82, 2.24) is 14.8 Å². The third-order valence-electron chi connectivity index (χ3n) is 3.23. The summed E-state index contributed by atoms with van der Waals surface area (Å²) >= 11 is 2.31. The van der Waals surface area contributed by atoms with E-state index in [0.29, 0.717) is 0 Å². The second kappa shape index (κ2) is 5.26. The van der Waals surface area contributed by atoms with Gasteiger partial charge < -0.3 is 9.88 Å². The van der Waals surface area contributed by atoms with E-state index in [1.165, 1.54) is 16.4 Å². The summed E-state index contributed by atoms with van der Waals surface area (Å²) in [4.78, 5) is 0. The van der Waals surface area contributed by atoms with E-state index in [2.05, 4.69) is 66.9 Å². The lowest BCUT2D eigenvalue weighted by molar-refractivity contribution is 0.510. The van der Waals surface area contributed by atoms with Crippen LogP contribution in [0.15, 0.2) is 24.3 Å². The number of aryl methyl sites for hydroxylation is 1. The number of rotatable bonds is 3. The van der Waals surface area contributed by atoms with Gasteiger partial charge in [-0.25, -0.2) is 0 Å². The SMILES string of the molecule is Ic1ccc(NCc2nnc3n2CCCC3)cc1. The molecule has 1 aromatic heterocycles. The molecule has 0 bridgehead atoms. The molecule has 0 saturated carbocycles. The first-order chi connectivity index (χ1) is 8.83. The number of aromatic nitrogens is 3. The Morgan fingerprint density at radius 2 is 2.00 bits per heavy atom. The molecule has 0 spiro atoms. The van der Waals surface area contributed by atoms with Gasteiger partial charge in [-0.1, -0.05) is 0 Å². The molecular formula is C13H15IN4. The van der Waals surface area contributed by atoms with Crippen LogP contribution < -0.4 is 5.32 Å². The number of anilines is 1. The zero-order valence-corrected chi connectivity index (χ0v) is 12.2. The second-order valence-corrected chi connectivity index (χ2v) is 5.75. The van der Waals surface area contributed by atoms with Crippen LogP contribution in [0.4, 0.5) is 5.69 Å². The summed E-state index contributed by atoms with van der Waals surface area (Å²) in [6.07, 6.45) is 3.54. The maximum Gasteiger partial charge on any atom is 0.152 e. The molecule has 1 aliphatic rings. The molecule has 1 aromatic carbocycles. The predicted octanol–water partition coefficient (Wildman–Crippen LogP) is 2.83. The van der Waals surface area contributed by atoms with Gasteiger partial charge >= 0.3 is 0 Å². The van der Waals surface area contributed by atoms with Crippen LogP contribution in [0.25, 0.3) is 0 Å². The molecular weight excluding hydrogens is 339 g/mol. The highest BCUT2D eigenvalue weighted by Gasteiger charge is 2.14. The fraction of sp³-hybridized carbons (Fsp3) is 0.385. The van der Waals surface area contributed by atoms with Crippen molar-refractivity contribution in [1.29, 1.82) is 0 Å². The predicted molar refractivity (Wildman–Crippen MR) is 79.4 cm³/mol. The Balaban J connectivity index is 1.70. The van der Waals surface area contributed by atoms with Crippen molar-refractivity contribution in [2.75, 3.05) is 5.32 Å². The molecule has 1 N–H and O–H groups in total. The molecule has 0 amide bonds. The molecule has 0 unspecified atom stereocenters. The average Bonchev–Trinajstić information content (AvgIpc) is 2.82. The number of fused-ring (bicyclic) bond motifs is 1. The Hall–Kier alpha value is -1.11. The molecule has 0 radical (unpaired) electrons. The molecule has 0 aliphatic carbocycles. The van der Waals surface area contributed by atoms with Gasteiger partial charge in [-0.15, -0.1) is 10.2 Å². The fourth-order valence-corrected chi connectivity index (χ4v) is 2.61. The summed E-state index contributed by atoms with van der Waals surface area (Å²) in [6.45, 7) is 1.81. The van der Waals surface area contributed by atoms with E-state index in [0.717, 1.165) is 36.8 Å². The highest BCUT2D eigenvalue weighted by molar-refractivity contribution is 14.1. The number of nitrogens with zero attached hydrogens (tertiary/aromatic N) is 3. The van der Waals surface area contributed by atoms with Crippen molar-refractivity contribution in [3.05, 3.63) is 39.5 Å². The normalized spacial score (nSPS) is 14.3. The molecule has 3 rings (SSSR count). The Bertz CT molecular complexity index is 532. The third-order valence-corrected chi connectivity index (χ3v) is 3.95. The first kappa shape index (κ1) is 12.0. The van der Waals surface area contributed by atoms with Crippen molar-refractivity contribution in [2.24, 2.45) is 0 Å². The fourth-order valence-electron chi connectivity index (χ4n) is 2.25. The van der Waals surface area contributed by atoms with Gasteiger partial charge in [0, 0.05) is 22.2 Å². The number of halogens is 1. The van der Waals surface area contributed by atoms with Gasteiger partial charge in [0.15, 0.2) is 5.82 Å². The number of benzene rings is 1. The smallest absolute Gasteiger partial charge is 0.152 e. The van der Waals surface area contributed by atoms with Gasteiger partial charge in [-0.05, 0) is 59.7 Å². The molecule has 0 saturated heterocycles. The van der Waals surface area contributed by atoms with Crippen LogP contribution in [0, 0.1) is 3.57 Å². The van der Waals surface area contributed by atoms with Crippen LogP contribution in [-0.4, -0.2) is 14.8 Å². The quantitative estimate of drug-likeness (QED) is 0.862. The lowest BCUT2D eigenvalue weighted by Crippen LogP contribution is -2.15. The van der Waals surface area contributed by atoms with Gasteiger partial charge in [0.25, 0.3) is 0 Å². The standard InChI is InChI=1S/C13H15IN4/c14-10-4-6-11(7-5-10)15-9-13-17-16-12-3-1-2-8-18(12)13/h4-7,15H,1-3,8-9H2. The molecule has 5 heteroatoms. The molecule has 4 nitrogen and oxygen atoms in total. The molecule has 2 heterocycles. The van der Waals surface area contributed by atoms with Gasteiger partial charge in [0.05, 0.1) is 6.54 Å². The first-order valence-electron chi connectivity index (χ1n) is 6.23. The number of hydrogen-bond acceptors (Lipinski definition) is 3. The van der Waals surface area contributed by atoms with Crippen LogP contribution in [-0.2, 0) is 19.5 Å². The summed E-state index contributed by atoms with van der Waals surface area (Å²) in [5, 5.41) is 11.9. The highest BCUT2D eigenvalue weighted by atomic mass is 127. The number of hydrogen-bond donors (Lipinski definition) is 1. The summed E-state index contributed by atoms with van der Waals surface area (Å²) in [5.41, 5.74) is 1.13. The van der Waals surface area contributed by atoms with E-state index >= 15 is 0 Å². The molecule has 18 heavy (non-hydrogen) atoms. The van der Waals surface area contributed by atoms with E-state index in [1.54, 1.807) is 0 Å². The average molecular weight is 354 g/mol. The summed E-state index contributed by atoms with van der Waals surface area (Å²) in [7, 11) is 0. The van der Waals surface area contributed by atoms with Crippen LogP contribution in [0.3, 0.4) is 0 Å². The molecule has 0 fully saturated rings. The highest BCUT2D eigenvalue weighted by Crippen LogP contribution is 2.16. The van der Waals surface area contributed by atoms with Gasteiger partial charge in [0.2, 0.25) is 0 Å². The number of nitrogens with one attached hydrogen (secondary N) is 1. The van der Waals surface area contributed by atoms with Gasteiger partial charge in [-0.3, -0.25) is 0 Å². The van der Waals surface area contributed by atoms with Crippen LogP contribution in [0.2, 0.25) is 0 Å². The molecule has 1 aliphatic heterocycles. The van der Waals surface area contributed by atoms with E-state index in [-0.39, 0.29) is 0 Å². The van der Waals surface area contributed by atoms with Crippen molar-refractivity contribution in [3.8, 4) is 0 Å². The maximum absolute atomic E-state index is 4.28. The summed E-state index contributed by atoms with van der Waals surface area (Å²) < 4.78 is 3.50. The van der Waals surface area contributed by atoms with Crippen molar-refractivity contribution < 1.29 is 0 Å². The van der Waals surface area contributed by atoms with E-state index in [1.807, 2.05) is 0 Å². The molecule has 94 valence electrons. The zero-order chi connectivity index (χ0) is 12.4. The van der Waals surface area contributed by atoms with E-state index in [4.69, 9.17) is 0 Å². The van der Waals surface area contributed by atoms with Crippen LogP contribution in [0.5, 0.6) is 0 Å². The molecule has 2 aromatic rings. The van der Waals surface area contributed by atoms with Gasteiger partial charge in [0.1, 0.15) is 5.82 Å². The Kier molecular flexibility index (Phi) is 3.49. The Morgan fingerprint density at radius 3 is 2.83 bits per heavy atom. The third kappa shape index (κ3) is 2.50. The topological polar surface area (TPSA) is 42.7 Å². The lowest BCUT2D eigenvalue weighted by atomic mass is 10.2. The van der Waals surface area contributed by atoms with Crippen LogP contribution >= 0.6 is 22.6 Å². The minimum atomic E-state index is 0.744. The summed E-state index contributed by atoms with van der Waals surface area (Å²) in [5.74, 6) is 2.18. The van der Waals surface area contributed by atoms with Crippen molar-refractivity contribution in [3.63, 3.8) is 0 Å². The monoisotopic (exact) mass is 354 g/mol. The summed E-state index contributed by atoms with van der Waals surface area (Å²) in [6, 6.07) is 8.38. The lowest BCUT2D eigenvalue weighted by Gasteiger charge is -2.15. The van der Waals surface area contributed by atoms with E-state index < -0.39 is 0 Å². The Morgan fingerprint density at radius 1 is 1.17 bits per heavy atom. The van der Waals surface area contributed by atoms with Gasteiger partial charge in [-0.2, -0.15) is 0 Å². The minimum Gasteiger partial charge on any atom is -0.378 e.